The van der Waals surface area contributed by atoms with E-state index in [2.05, 4.69) is 211 Å². The number of rotatable bonds is 7. The van der Waals surface area contributed by atoms with Gasteiger partial charge in [-0.2, -0.15) is 0 Å². The third-order valence-corrected chi connectivity index (χ3v) is 10.5. The molecule has 0 amide bonds. The summed E-state index contributed by atoms with van der Waals surface area (Å²) in [4.78, 5) is 2.37. The lowest BCUT2D eigenvalue weighted by atomic mass is 9.94. The summed E-state index contributed by atoms with van der Waals surface area (Å²) < 4.78 is 6.53. The van der Waals surface area contributed by atoms with Crippen LogP contribution >= 0.6 is 0 Å². The Morgan fingerprint density at radius 1 is 0.278 bits per heavy atom. The molecule has 0 aliphatic heterocycles. The van der Waals surface area contributed by atoms with Gasteiger partial charge >= 0.3 is 0 Å². The molecule has 0 bridgehead atoms. The molecule has 0 saturated heterocycles. The van der Waals surface area contributed by atoms with Gasteiger partial charge < -0.3 is 9.32 Å². The zero-order valence-corrected chi connectivity index (χ0v) is 29.6. The standard InChI is InChI=1S/C52H35NO/c1-4-13-36(14-5-1)38-23-25-39(26-24-38)40-27-29-43(30-28-40)53(44-20-12-19-42(33-44)37-15-6-2-7-16-37)45-31-32-46-48(41-17-8-3-9-18-41)35-51-52(49(46)34-45)47-21-10-11-22-50(47)54-51/h1-35H. The number of hydrogen-bond donors (Lipinski definition) is 0. The molecule has 1 heterocycles. The SMILES string of the molecule is c1ccc(-c2ccc(-c3ccc(N(c4cccc(-c5ccccc5)c4)c4ccc5c(-c6ccccc6)cc6oc7ccccc7c6c5c4)cc3)cc2)cc1. The second kappa shape index (κ2) is 13.4. The van der Waals surface area contributed by atoms with E-state index in [-0.39, 0.29) is 0 Å². The molecule has 10 aromatic rings. The van der Waals surface area contributed by atoms with Crippen LogP contribution in [0.3, 0.4) is 0 Å². The molecular weight excluding hydrogens is 655 g/mol. The van der Waals surface area contributed by atoms with Gasteiger partial charge in [-0.05, 0) is 104 Å². The molecule has 0 aliphatic carbocycles. The van der Waals surface area contributed by atoms with Crippen LogP contribution in [0.15, 0.2) is 217 Å². The van der Waals surface area contributed by atoms with Crippen molar-refractivity contribution in [1.29, 1.82) is 0 Å². The van der Waals surface area contributed by atoms with Gasteiger partial charge in [0, 0.05) is 27.8 Å². The normalized spacial score (nSPS) is 11.3. The molecule has 0 aliphatic rings. The molecular formula is C52H35NO. The fourth-order valence-corrected chi connectivity index (χ4v) is 7.81. The van der Waals surface area contributed by atoms with Crippen LogP contribution in [0.5, 0.6) is 0 Å². The van der Waals surface area contributed by atoms with Crippen LogP contribution < -0.4 is 4.90 Å². The van der Waals surface area contributed by atoms with Gasteiger partial charge in [0.25, 0.3) is 0 Å². The van der Waals surface area contributed by atoms with E-state index in [1.807, 2.05) is 6.07 Å². The summed E-state index contributed by atoms with van der Waals surface area (Å²) in [5.41, 5.74) is 14.5. The van der Waals surface area contributed by atoms with E-state index in [9.17, 15) is 0 Å². The molecule has 0 spiro atoms. The van der Waals surface area contributed by atoms with Crippen LogP contribution in [0, 0.1) is 0 Å². The molecule has 9 aromatic carbocycles. The molecule has 0 atom stereocenters. The third kappa shape index (κ3) is 5.71. The van der Waals surface area contributed by atoms with E-state index in [0.29, 0.717) is 0 Å². The van der Waals surface area contributed by atoms with Gasteiger partial charge in [-0.25, -0.2) is 0 Å². The zero-order chi connectivity index (χ0) is 35.8. The molecule has 2 heteroatoms. The summed E-state index contributed by atoms with van der Waals surface area (Å²) in [7, 11) is 0. The Bertz CT molecular complexity index is 2890. The van der Waals surface area contributed by atoms with Gasteiger partial charge in [0.05, 0.1) is 0 Å². The summed E-state index contributed by atoms with van der Waals surface area (Å²) in [6.07, 6.45) is 0. The average molecular weight is 690 g/mol. The number of fused-ring (bicyclic) bond motifs is 5. The Morgan fingerprint density at radius 3 is 1.44 bits per heavy atom. The third-order valence-electron chi connectivity index (χ3n) is 10.5. The van der Waals surface area contributed by atoms with Crippen molar-refractivity contribution in [2.45, 2.75) is 0 Å². The topological polar surface area (TPSA) is 16.4 Å². The minimum Gasteiger partial charge on any atom is -0.456 e. The summed E-state index contributed by atoms with van der Waals surface area (Å²) >= 11 is 0. The van der Waals surface area contributed by atoms with E-state index in [0.717, 1.165) is 55.5 Å². The quantitative estimate of drug-likeness (QED) is 0.166. The van der Waals surface area contributed by atoms with Crippen LogP contribution in [-0.2, 0) is 0 Å². The number of anilines is 3. The van der Waals surface area contributed by atoms with Crippen molar-refractivity contribution in [2.75, 3.05) is 4.90 Å². The first-order valence-corrected chi connectivity index (χ1v) is 18.4. The number of para-hydroxylation sites is 1. The summed E-state index contributed by atoms with van der Waals surface area (Å²) in [5, 5.41) is 4.60. The first-order chi connectivity index (χ1) is 26.8. The van der Waals surface area contributed by atoms with E-state index >= 15 is 0 Å². The lowest BCUT2D eigenvalue weighted by molar-refractivity contribution is 0.669. The Kier molecular flexibility index (Phi) is 7.85. The number of benzene rings is 9. The van der Waals surface area contributed by atoms with Crippen LogP contribution in [0.25, 0.3) is 77.2 Å². The molecule has 0 radical (unpaired) electrons. The van der Waals surface area contributed by atoms with Crippen molar-refractivity contribution in [3.8, 4) is 44.5 Å². The molecule has 0 N–H and O–H groups in total. The number of nitrogens with zero attached hydrogens (tertiary/aromatic N) is 1. The van der Waals surface area contributed by atoms with Gasteiger partial charge in [0.2, 0.25) is 0 Å². The number of hydrogen-bond acceptors (Lipinski definition) is 2. The monoisotopic (exact) mass is 689 g/mol. The van der Waals surface area contributed by atoms with Crippen molar-refractivity contribution in [3.63, 3.8) is 0 Å². The van der Waals surface area contributed by atoms with Crippen LogP contribution in [-0.4, -0.2) is 0 Å². The lowest BCUT2D eigenvalue weighted by Gasteiger charge is -2.27. The predicted octanol–water partition coefficient (Wildman–Crippen LogP) is 14.9. The van der Waals surface area contributed by atoms with Crippen LogP contribution in [0.2, 0.25) is 0 Å². The van der Waals surface area contributed by atoms with Crippen LogP contribution in [0.1, 0.15) is 0 Å². The zero-order valence-electron chi connectivity index (χ0n) is 29.6. The van der Waals surface area contributed by atoms with E-state index in [1.54, 1.807) is 0 Å². The van der Waals surface area contributed by atoms with Crippen molar-refractivity contribution in [3.05, 3.63) is 212 Å². The Labute approximate surface area is 314 Å². The van der Waals surface area contributed by atoms with Crippen molar-refractivity contribution >= 4 is 49.8 Å². The Balaban J connectivity index is 1.14. The largest absolute Gasteiger partial charge is 0.456 e. The molecule has 54 heavy (non-hydrogen) atoms. The molecule has 0 saturated carbocycles. The van der Waals surface area contributed by atoms with E-state index in [1.165, 1.54) is 38.8 Å². The Morgan fingerprint density at radius 2 is 0.778 bits per heavy atom. The van der Waals surface area contributed by atoms with Gasteiger partial charge in [-0.1, -0.05) is 164 Å². The smallest absolute Gasteiger partial charge is 0.136 e. The van der Waals surface area contributed by atoms with Gasteiger partial charge in [0.1, 0.15) is 11.2 Å². The minimum atomic E-state index is 0.889. The lowest BCUT2D eigenvalue weighted by Crippen LogP contribution is -2.10. The fourth-order valence-electron chi connectivity index (χ4n) is 7.81. The molecule has 0 unspecified atom stereocenters. The maximum absolute atomic E-state index is 6.53. The molecule has 10 rings (SSSR count). The molecule has 2 nitrogen and oxygen atoms in total. The van der Waals surface area contributed by atoms with Gasteiger partial charge in [0.15, 0.2) is 0 Å². The highest BCUT2D eigenvalue weighted by molar-refractivity contribution is 6.22. The summed E-state index contributed by atoms with van der Waals surface area (Å²) in [5.74, 6) is 0. The van der Waals surface area contributed by atoms with Crippen molar-refractivity contribution < 1.29 is 4.42 Å². The Hall–Kier alpha value is -7.16. The number of furan rings is 1. The second-order valence-corrected chi connectivity index (χ2v) is 13.7. The second-order valence-electron chi connectivity index (χ2n) is 13.7. The van der Waals surface area contributed by atoms with E-state index < -0.39 is 0 Å². The fraction of sp³-hybridized carbons (Fsp3) is 0. The van der Waals surface area contributed by atoms with Crippen LogP contribution in [0.4, 0.5) is 17.1 Å². The van der Waals surface area contributed by atoms with E-state index in [4.69, 9.17) is 4.42 Å². The summed E-state index contributed by atoms with van der Waals surface area (Å²) in [6.45, 7) is 0. The van der Waals surface area contributed by atoms with Gasteiger partial charge in [-0.3, -0.25) is 0 Å². The maximum Gasteiger partial charge on any atom is 0.136 e. The summed E-state index contributed by atoms with van der Waals surface area (Å²) in [6, 6.07) is 75.8. The average Bonchev–Trinajstić information content (AvgIpc) is 3.64. The molecule has 0 fully saturated rings. The predicted molar refractivity (Wildman–Crippen MR) is 228 cm³/mol. The first-order valence-electron chi connectivity index (χ1n) is 18.4. The van der Waals surface area contributed by atoms with Gasteiger partial charge in [-0.15, -0.1) is 0 Å². The van der Waals surface area contributed by atoms with Crippen molar-refractivity contribution in [2.24, 2.45) is 0 Å². The molecule has 1 aromatic heterocycles. The first kappa shape index (κ1) is 31.6. The highest BCUT2D eigenvalue weighted by Gasteiger charge is 2.19. The molecule has 254 valence electrons. The highest BCUT2D eigenvalue weighted by Crippen LogP contribution is 2.44. The maximum atomic E-state index is 6.53. The van der Waals surface area contributed by atoms with Crippen molar-refractivity contribution in [1.82, 2.24) is 0 Å². The highest BCUT2D eigenvalue weighted by atomic mass is 16.3. The minimum absolute atomic E-state index is 0.889.